The molecule has 1 aromatic rings. The normalized spacial score (nSPS) is 16.8. The van der Waals surface area contributed by atoms with Gasteiger partial charge in [0.2, 0.25) is 35.4 Å². The lowest BCUT2D eigenvalue weighted by Gasteiger charge is -2.30. The molecular formula is C34H56N10O8. The Kier molecular flexibility index (Phi) is 17.8. The summed E-state index contributed by atoms with van der Waals surface area (Å²) in [5.41, 5.74) is 17.1. The molecule has 18 heteroatoms. The standard InChI is InChI=1S/C34H56N10O8/c1-5-38-32(51)27-9-7-15-44(27)33(52)24(8-6-14-39-34(36)37)41-31(50)25(16-19(2)3)42-28(47)20(4)40-30(49)26(43-29(48)23(35)18-45)17-21-10-12-22(46)13-11-21/h10-13,19-20,23-27,45-46H,5-9,14-18,35H2,1-4H3,(H,38,51)(H,40,49)(H,41,50)(H,42,47)(H,43,48)(H4,36,37,39)/t20-,23+,24+,25+,26+,27+/m1/s1. The Labute approximate surface area is 304 Å². The summed E-state index contributed by atoms with van der Waals surface area (Å²) in [5, 5.41) is 32.2. The lowest BCUT2D eigenvalue weighted by molar-refractivity contribution is -0.142. The average Bonchev–Trinajstić information content (AvgIpc) is 3.59. The molecule has 1 aliphatic heterocycles. The smallest absolute Gasteiger partial charge is 0.245 e. The number of aliphatic hydroxyl groups excluding tert-OH is 1. The Bertz CT molecular complexity index is 1400. The lowest BCUT2D eigenvalue weighted by Crippen LogP contribution is -2.59. The number of guanidine groups is 1. The van der Waals surface area contributed by atoms with E-state index in [0.29, 0.717) is 37.9 Å². The van der Waals surface area contributed by atoms with Crippen molar-refractivity contribution in [3.8, 4) is 5.75 Å². The highest BCUT2D eigenvalue weighted by Crippen LogP contribution is 2.20. The molecule has 0 unspecified atom stereocenters. The number of aliphatic hydroxyl groups is 1. The third-order valence-corrected chi connectivity index (χ3v) is 8.38. The second-order valence-corrected chi connectivity index (χ2v) is 13.2. The number of nitrogens with two attached hydrogens (primary N) is 3. The van der Waals surface area contributed by atoms with Gasteiger partial charge in [-0.1, -0.05) is 26.0 Å². The van der Waals surface area contributed by atoms with Crippen LogP contribution in [0, 0.1) is 5.92 Å². The van der Waals surface area contributed by atoms with Crippen LogP contribution in [0.15, 0.2) is 29.3 Å². The van der Waals surface area contributed by atoms with E-state index < -0.39 is 72.4 Å². The topological polar surface area (TPSA) is 297 Å². The van der Waals surface area contributed by atoms with Crippen LogP contribution in [-0.2, 0) is 35.2 Å². The van der Waals surface area contributed by atoms with Crippen molar-refractivity contribution in [2.45, 2.75) is 102 Å². The Morgan fingerprint density at radius 2 is 1.52 bits per heavy atom. The van der Waals surface area contributed by atoms with Crippen molar-refractivity contribution >= 4 is 41.4 Å². The molecule has 1 aromatic carbocycles. The summed E-state index contributed by atoms with van der Waals surface area (Å²) >= 11 is 0. The predicted molar refractivity (Wildman–Crippen MR) is 193 cm³/mol. The molecule has 0 spiro atoms. The van der Waals surface area contributed by atoms with Crippen molar-refractivity contribution < 1.29 is 39.0 Å². The van der Waals surface area contributed by atoms with Crippen LogP contribution in [0.3, 0.4) is 0 Å². The average molecular weight is 733 g/mol. The van der Waals surface area contributed by atoms with Gasteiger partial charge in [-0.3, -0.25) is 33.8 Å². The molecule has 1 fully saturated rings. The van der Waals surface area contributed by atoms with Gasteiger partial charge in [0.1, 0.15) is 42.0 Å². The van der Waals surface area contributed by atoms with Crippen LogP contribution in [0.25, 0.3) is 0 Å². The second-order valence-electron chi connectivity index (χ2n) is 13.2. The Balaban J connectivity index is 2.23. The minimum Gasteiger partial charge on any atom is -0.508 e. The third kappa shape index (κ3) is 14.0. The van der Waals surface area contributed by atoms with Crippen molar-refractivity contribution in [2.75, 3.05) is 26.2 Å². The van der Waals surface area contributed by atoms with Crippen LogP contribution in [0.2, 0.25) is 0 Å². The van der Waals surface area contributed by atoms with Gasteiger partial charge < -0.3 is 58.9 Å². The molecule has 1 saturated heterocycles. The number of phenols is 1. The van der Waals surface area contributed by atoms with Gasteiger partial charge in [0.25, 0.3) is 0 Å². The number of nitrogens with one attached hydrogen (secondary N) is 5. The van der Waals surface area contributed by atoms with Gasteiger partial charge >= 0.3 is 0 Å². The summed E-state index contributed by atoms with van der Waals surface area (Å²) in [5.74, 6) is -3.77. The van der Waals surface area contributed by atoms with Crippen LogP contribution in [-0.4, -0.2) is 119 Å². The van der Waals surface area contributed by atoms with E-state index in [4.69, 9.17) is 17.2 Å². The van der Waals surface area contributed by atoms with Gasteiger partial charge in [0.15, 0.2) is 5.96 Å². The molecule has 2 rings (SSSR count). The summed E-state index contributed by atoms with van der Waals surface area (Å²) in [4.78, 5) is 85.0. The van der Waals surface area contributed by atoms with Gasteiger partial charge in [-0.05, 0) is 69.6 Å². The van der Waals surface area contributed by atoms with Crippen molar-refractivity contribution in [1.29, 1.82) is 0 Å². The minimum atomic E-state index is -1.29. The van der Waals surface area contributed by atoms with E-state index in [-0.39, 0.29) is 49.3 Å². The van der Waals surface area contributed by atoms with E-state index in [1.165, 1.54) is 24.0 Å². The number of amides is 6. The number of benzene rings is 1. The highest BCUT2D eigenvalue weighted by molar-refractivity contribution is 5.96. The first-order valence-electron chi connectivity index (χ1n) is 17.6. The number of likely N-dealkylation sites (tertiary alicyclic amines) is 1. The molecule has 1 heterocycles. The highest BCUT2D eigenvalue weighted by Gasteiger charge is 2.38. The van der Waals surface area contributed by atoms with Gasteiger partial charge in [-0.2, -0.15) is 0 Å². The summed E-state index contributed by atoms with van der Waals surface area (Å²) in [6.45, 7) is 7.17. The van der Waals surface area contributed by atoms with Gasteiger partial charge in [0.05, 0.1) is 6.61 Å². The first-order valence-corrected chi connectivity index (χ1v) is 17.6. The minimum absolute atomic E-state index is 0.00242. The van der Waals surface area contributed by atoms with E-state index >= 15 is 0 Å². The number of hydrogen-bond donors (Lipinski definition) is 10. The fourth-order valence-electron chi connectivity index (χ4n) is 5.65. The molecule has 0 aliphatic carbocycles. The Morgan fingerprint density at radius 3 is 2.12 bits per heavy atom. The van der Waals surface area contributed by atoms with Crippen molar-refractivity contribution in [1.82, 2.24) is 31.5 Å². The van der Waals surface area contributed by atoms with Gasteiger partial charge in [0, 0.05) is 26.1 Å². The molecule has 6 amide bonds. The summed E-state index contributed by atoms with van der Waals surface area (Å²) in [7, 11) is 0. The zero-order valence-corrected chi connectivity index (χ0v) is 30.4. The molecule has 6 atom stereocenters. The number of rotatable bonds is 20. The van der Waals surface area contributed by atoms with Crippen molar-refractivity contribution in [3.05, 3.63) is 29.8 Å². The summed E-state index contributed by atoms with van der Waals surface area (Å²) < 4.78 is 0. The number of aliphatic imine (C=N–C) groups is 1. The molecule has 0 radical (unpaired) electrons. The Morgan fingerprint density at radius 1 is 0.904 bits per heavy atom. The molecule has 0 aromatic heterocycles. The zero-order valence-electron chi connectivity index (χ0n) is 30.4. The van der Waals surface area contributed by atoms with Crippen LogP contribution in [0.1, 0.15) is 65.4 Å². The molecule has 290 valence electrons. The zero-order chi connectivity index (χ0) is 39.0. The number of likely N-dealkylation sites (N-methyl/N-ethyl adjacent to an activating group) is 1. The number of carbonyl (C=O) groups excluding carboxylic acids is 6. The van der Waals surface area contributed by atoms with Gasteiger partial charge in [-0.25, -0.2) is 0 Å². The number of hydrogen-bond acceptors (Lipinski definition) is 10. The van der Waals surface area contributed by atoms with E-state index in [1.54, 1.807) is 19.1 Å². The number of phenolic OH excluding ortho intramolecular Hbond substituents is 1. The van der Waals surface area contributed by atoms with E-state index in [1.807, 2.05) is 13.8 Å². The number of nitrogens with zero attached hydrogens (tertiary/aromatic N) is 2. The molecule has 13 N–H and O–H groups in total. The summed E-state index contributed by atoms with van der Waals surface area (Å²) in [6.07, 6.45) is 1.75. The number of carbonyl (C=O) groups is 6. The first kappa shape index (κ1) is 43.2. The lowest BCUT2D eigenvalue weighted by atomic mass is 10.0. The maximum Gasteiger partial charge on any atom is 0.245 e. The molecule has 0 saturated carbocycles. The van der Waals surface area contributed by atoms with Crippen molar-refractivity contribution in [3.63, 3.8) is 0 Å². The monoisotopic (exact) mass is 732 g/mol. The molecular weight excluding hydrogens is 676 g/mol. The van der Waals surface area contributed by atoms with E-state index in [9.17, 15) is 39.0 Å². The molecule has 0 bridgehead atoms. The van der Waals surface area contributed by atoms with Crippen LogP contribution < -0.4 is 43.8 Å². The van der Waals surface area contributed by atoms with Gasteiger partial charge in [-0.15, -0.1) is 0 Å². The first-order chi connectivity index (χ1) is 24.6. The van der Waals surface area contributed by atoms with Crippen LogP contribution in [0.4, 0.5) is 0 Å². The highest BCUT2D eigenvalue weighted by atomic mass is 16.3. The quantitative estimate of drug-likeness (QED) is 0.0378. The second kappa shape index (κ2) is 21.4. The van der Waals surface area contributed by atoms with E-state index in [2.05, 4.69) is 31.6 Å². The van der Waals surface area contributed by atoms with Crippen molar-refractivity contribution in [2.24, 2.45) is 28.1 Å². The SMILES string of the molecule is CCNC(=O)[C@@H]1CCCN1C(=O)[C@H](CCCN=C(N)N)NC(=O)[C@H](CC(C)C)NC(=O)[C@@H](C)NC(=O)[C@H](Cc1ccc(O)cc1)NC(=O)[C@@H](N)CO. The van der Waals surface area contributed by atoms with Crippen LogP contribution >= 0.6 is 0 Å². The largest absolute Gasteiger partial charge is 0.508 e. The Hall–Kier alpha value is -4.97. The molecule has 18 nitrogen and oxygen atoms in total. The maximum atomic E-state index is 13.8. The van der Waals surface area contributed by atoms with E-state index in [0.717, 1.165) is 0 Å². The number of aromatic hydroxyl groups is 1. The molecule has 52 heavy (non-hydrogen) atoms. The summed E-state index contributed by atoms with van der Waals surface area (Å²) in [6, 6.07) is -0.571. The predicted octanol–water partition coefficient (Wildman–Crippen LogP) is -2.56. The maximum absolute atomic E-state index is 13.8. The third-order valence-electron chi connectivity index (χ3n) is 8.38. The fraction of sp³-hybridized carbons (Fsp3) is 0.618. The fourth-order valence-corrected chi connectivity index (χ4v) is 5.65. The van der Waals surface area contributed by atoms with Crippen LogP contribution in [0.5, 0.6) is 5.75 Å². The molecule has 1 aliphatic rings.